The molecule has 1 heterocycles. The minimum atomic E-state index is -1.72. The number of ether oxygens (including phenoxy) is 2. The van der Waals surface area contributed by atoms with E-state index in [-0.39, 0.29) is 0 Å². The van der Waals surface area contributed by atoms with Crippen LogP contribution in [0.2, 0.25) is 0 Å². The van der Waals surface area contributed by atoms with Crippen molar-refractivity contribution in [3.05, 3.63) is 12.2 Å². The van der Waals surface area contributed by atoms with Gasteiger partial charge in [0.2, 0.25) is 0 Å². The highest BCUT2D eigenvalue weighted by atomic mass is 19.3. The Bertz CT molecular complexity index is 572. The maximum Gasteiger partial charge on any atom is 0.271 e. The first-order chi connectivity index (χ1) is 16.1. The third-order valence-electron chi connectivity index (χ3n) is 9.90. The van der Waals surface area contributed by atoms with Crippen LogP contribution < -0.4 is 0 Å². The SMILES string of the molecule is CCCC1CCC(CCC2CCC(C3CCC(C4COC(C=C(F)F)OC4)CC3)CC2)CC1. The summed E-state index contributed by atoms with van der Waals surface area (Å²) in [5, 5.41) is 0. The first-order valence-corrected chi connectivity index (χ1v) is 14.4. The van der Waals surface area contributed by atoms with Gasteiger partial charge in [-0.3, -0.25) is 0 Å². The second-order valence-corrected chi connectivity index (χ2v) is 12.0. The smallest absolute Gasteiger partial charge is 0.271 e. The van der Waals surface area contributed by atoms with Crippen molar-refractivity contribution in [2.75, 3.05) is 13.2 Å². The van der Waals surface area contributed by atoms with Crippen molar-refractivity contribution in [1.82, 2.24) is 0 Å². The fraction of sp³-hybridized carbons (Fsp3) is 0.931. The van der Waals surface area contributed by atoms with Crippen LogP contribution in [0.15, 0.2) is 12.2 Å². The molecule has 4 aliphatic rings. The molecule has 33 heavy (non-hydrogen) atoms. The zero-order valence-electron chi connectivity index (χ0n) is 21.0. The van der Waals surface area contributed by atoms with Gasteiger partial charge in [-0.15, -0.1) is 0 Å². The number of halogens is 2. The molecule has 0 aromatic rings. The third-order valence-corrected chi connectivity index (χ3v) is 9.90. The molecule has 0 atom stereocenters. The standard InChI is InChI=1S/C29H48F2O2/c1-2-3-21-4-6-22(7-5-21)8-9-23-10-12-24(13-11-23)25-14-16-26(17-15-25)27-19-32-29(33-20-27)18-28(30)31/h18,21-27,29H,2-17,19-20H2,1H3. The summed E-state index contributed by atoms with van der Waals surface area (Å²) in [5.74, 6) is 5.95. The summed E-state index contributed by atoms with van der Waals surface area (Å²) in [7, 11) is 0. The lowest BCUT2D eigenvalue weighted by Gasteiger charge is -2.41. The highest BCUT2D eigenvalue weighted by molar-refractivity contribution is 4.89. The molecule has 0 amide bonds. The van der Waals surface area contributed by atoms with Gasteiger partial charge in [0.15, 0.2) is 6.29 Å². The molecule has 4 heteroatoms. The fourth-order valence-corrected chi connectivity index (χ4v) is 7.73. The lowest BCUT2D eigenvalue weighted by atomic mass is 9.67. The molecule has 4 fully saturated rings. The highest BCUT2D eigenvalue weighted by Crippen LogP contribution is 2.45. The van der Waals surface area contributed by atoms with Crippen molar-refractivity contribution in [1.29, 1.82) is 0 Å². The number of hydrogen-bond acceptors (Lipinski definition) is 2. The Hall–Kier alpha value is -0.480. The summed E-state index contributed by atoms with van der Waals surface area (Å²) in [6.45, 7) is 3.47. The molecule has 1 saturated heterocycles. The second-order valence-electron chi connectivity index (χ2n) is 12.0. The summed E-state index contributed by atoms with van der Waals surface area (Å²) >= 11 is 0. The van der Waals surface area contributed by atoms with Gasteiger partial charge in [-0.1, -0.05) is 71.1 Å². The minimum absolute atomic E-state index is 0.381. The van der Waals surface area contributed by atoms with Crippen LogP contribution >= 0.6 is 0 Å². The zero-order valence-corrected chi connectivity index (χ0v) is 21.0. The van der Waals surface area contributed by atoms with E-state index in [1.54, 1.807) is 0 Å². The fourth-order valence-electron chi connectivity index (χ4n) is 7.73. The maximum absolute atomic E-state index is 12.4. The normalized spacial score (nSPS) is 40.3. The van der Waals surface area contributed by atoms with Crippen molar-refractivity contribution < 1.29 is 18.3 Å². The molecule has 4 rings (SSSR count). The van der Waals surface area contributed by atoms with Crippen molar-refractivity contribution >= 4 is 0 Å². The zero-order chi connectivity index (χ0) is 23.0. The Morgan fingerprint density at radius 2 is 1.00 bits per heavy atom. The van der Waals surface area contributed by atoms with E-state index >= 15 is 0 Å². The van der Waals surface area contributed by atoms with Crippen molar-refractivity contribution in [3.8, 4) is 0 Å². The van der Waals surface area contributed by atoms with E-state index in [1.165, 1.54) is 103 Å². The number of hydrogen-bond donors (Lipinski definition) is 0. The van der Waals surface area contributed by atoms with Gasteiger partial charge >= 0.3 is 0 Å². The van der Waals surface area contributed by atoms with Gasteiger partial charge in [0, 0.05) is 12.0 Å². The Morgan fingerprint density at radius 1 is 0.606 bits per heavy atom. The van der Waals surface area contributed by atoms with Crippen LogP contribution in [0.1, 0.15) is 110 Å². The largest absolute Gasteiger partial charge is 0.348 e. The summed E-state index contributed by atoms with van der Waals surface area (Å²) in [4.78, 5) is 0. The molecule has 190 valence electrons. The average molecular weight is 467 g/mol. The van der Waals surface area contributed by atoms with Crippen molar-refractivity contribution in [2.24, 2.45) is 41.4 Å². The van der Waals surface area contributed by atoms with E-state index in [1.807, 2.05) is 0 Å². The molecule has 3 aliphatic carbocycles. The Labute approximate surface area is 201 Å². The van der Waals surface area contributed by atoms with E-state index in [2.05, 4.69) is 6.92 Å². The van der Waals surface area contributed by atoms with Gasteiger partial charge in [-0.05, 0) is 74.0 Å². The average Bonchev–Trinajstić information content (AvgIpc) is 2.84. The Kier molecular flexibility index (Phi) is 10.1. The summed E-state index contributed by atoms with van der Waals surface area (Å²) in [5.41, 5.74) is 0. The summed E-state index contributed by atoms with van der Waals surface area (Å²) in [6, 6.07) is 0. The summed E-state index contributed by atoms with van der Waals surface area (Å²) in [6.07, 6.45) is 21.1. The Morgan fingerprint density at radius 3 is 1.45 bits per heavy atom. The molecule has 0 aromatic carbocycles. The molecule has 1 aliphatic heterocycles. The molecule has 0 radical (unpaired) electrons. The first-order valence-electron chi connectivity index (χ1n) is 14.4. The van der Waals surface area contributed by atoms with Crippen LogP contribution in [0.4, 0.5) is 8.78 Å². The van der Waals surface area contributed by atoms with Crippen LogP contribution in [0, 0.1) is 41.4 Å². The lowest BCUT2D eigenvalue weighted by Crippen LogP contribution is -2.37. The number of rotatable bonds is 8. The molecule has 0 unspecified atom stereocenters. The van der Waals surface area contributed by atoms with Gasteiger partial charge < -0.3 is 9.47 Å². The van der Waals surface area contributed by atoms with E-state index in [0.717, 1.165) is 35.7 Å². The second kappa shape index (κ2) is 13.0. The van der Waals surface area contributed by atoms with Crippen molar-refractivity contribution in [2.45, 2.75) is 116 Å². The molecule has 3 saturated carbocycles. The molecule has 0 bridgehead atoms. The van der Waals surface area contributed by atoms with E-state index < -0.39 is 12.4 Å². The predicted octanol–water partition coefficient (Wildman–Crippen LogP) is 8.76. The van der Waals surface area contributed by atoms with Crippen LogP contribution in [0.5, 0.6) is 0 Å². The molecule has 0 aromatic heterocycles. The molecule has 0 N–H and O–H groups in total. The monoisotopic (exact) mass is 466 g/mol. The molecular weight excluding hydrogens is 418 g/mol. The molecule has 2 nitrogen and oxygen atoms in total. The maximum atomic E-state index is 12.4. The van der Waals surface area contributed by atoms with E-state index in [0.29, 0.717) is 25.0 Å². The Balaban J connectivity index is 1.08. The van der Waals surface area contributed by atoms with Gasteiger partial charge in [0.1, 0.15) is 0 Å². The van der Waals surface area contributed by atoms with Crippen molar-refractivity contribution in [3.63, 3.8) is 0 Å². The van der Waals surface area contributed by atoms with Crippen LogP contribution in [-0.2, 0) is 9.47 Å². The highest BCUT2D eigenvalue weighted by Gasteiger charge is 2.35. The summed E-state index contributed by atoms with van der Waals surface area (Å²) < 4.78 is 35.8. The van der Waals surface area contributed by atoms with Gasteiger partial charge in [0.05, 0.1) is 13.2 Å². The van der Waals surface area contributed by atoms with Crippen LogP contribution in [-0.4, -0.2) is 19.5 Å². The molecular formula is C29H48F2O2. The first kappa shape index (κ1) is 25.6. The van der Waals surface area contributed by atoms with Crippen LogP contribution in [0.3, 0.4) is 0 Å². The van der Waals surface area contributed by atoms with E-state index in [4.69, 9.17) is 9.47 Å². The quantitative estimate of drug-likeness (QED) is 0.356. The third kappa shape index (κ3) is 7.75. The van der Waals surface area contributed by atoms with E-state index in [9.17, 15) is 8.78 Å². The van der Waals surface area contributed by atoms with Crippen LogP contribution in [0.25, 0.3) is 0 Å². The van der Waals surface area contributed by atoms with Gasteiger partial charge in [-0.25, -0.2) is 0 Å². The molecule has 0 spiro atoms. The van der Waals surface area contributed by atoms with Gasteiger partial charge in [0.25, 0.3) is 6.08 Å². The predicted molar refractivity (Wildman–Crippen MR) is 130 cm³/mol. The minimum Gasteiger partial charge on any atom is -0.348 e. The topological polar surface area (TPSA) is 18.5 Å². The van der Waals surface area contributed by atoms with Gasteiger partial charge in [-0.2, -0.15) is 8.78 Å². The lowest BCUT2D eigenvalue weighted by molar-refractivity contribution is -0.187.